The third-order valence-corrected chi connectivity index (χ3v) is 3.71. The second-order valence-corrected chi connectivity index (χ2v) is 5.36. The van der Waals surface area contributed by atoms with E-state index in [4.69, 9.17) is 4.74 Å². The lowest BCUT2D eigenvalue weighted by molar-refractivity contribution is -0.149. The van der Waals surface area contributed by atoms with Crippen LogP contribution in [-0.4, -0.2) is 41.6 Å². The Kier molecular flexibility index (Phi) is 4.83. The number of carbonyl (C=O) groups excluding carboxylic acids is 2. The first kappa shape index (κ1) is 15.4. The smallest absolute Gasteiger partial charge is 0.310 e. The van der Waals surface area contributed by atoms with Gasteiger partial charge in [0.05, 0.1) is 18.1 Å². The lowest BCUT2D eigenvalue weighted by Gasteiger charge is -2.31. The number of amides is 1. The van der Waals surface area contributed by atoms with Gasteiger partial charge in [-0.1, -0.05) is 6.07 Å². The molecule has 1 N–H and O–H groups in total. The summed E-state index contributed by atoms with van der Waals surface area (Å²) in [4.78, 5) is 25.9. The molecule has 114 valence electrons. The summed E-state index contributed by atoms with van der Waals surface area (Å²) >= 11 is 0. The lowest BCUT2D eigenvalue weighted by atomic mass is 9.97. The van der Waals surface area contributed by atoms with Crippen molar-refractivity contribution in [2.75, 3.05) is 19.7 Å². The predicted octanol–water partition coefficient (Wildman–Crippen LogP) is 2.12. The molecular formula is C16H21NO4. The molecule has 1 amide bonds. The van der Waals surface area contributed by atoms with Crippen LogP contribution in [0.5, 0.6) is 5.75 Å². The molecular weight excluding hydrogens is 270 g/mol. The number of likely N-dealkylation sites (tertiary alicyclic amines) is 1. The molecule has 0 aliphatic carbocycles. The fourth-order valence-electron chi connectivity index (χ4n) is 2.61. The minimum absolute atomic E-state index is 0.0155. The van der Waals surface area contributed by atoms with Gasteiger partial charge in [0.15, 0.2) is 0 Å². The van der Waals surface area contributed by atoms with Crippen LogP contribution in [0.25, 0.3) is 0 Å². The third kappa shape index (κ3) is 3.54. The number of piperidine rings is 1. The molecule has 1 aliphatic heterocycles. The zero-order valence-corrected chi connectivity index (χ0v) is 12.5. The summed E-state index contributed by atoms with van der Waals surface area (Å²) in [5.74, 6) is -0.766. The van der Waals surface area contributed by atoms with Crippen molar-refractivity contribution in [3.8, 4) is 5.75 Å². The van der Waals surface area contributed by atoms with Crippen LogP contribution in [0, 0.1) is 12.8 Å². The van der Waals surface area contributed by atoms with Crippen molar-refractivity contribution in [3.05, 3.63) is 29.3 Å². The zero-order chi connectivity index (χ0) is 15.4. The second-order valence-electron chi connectivity index (χ2n) is 5.36. The van der Waals surface area contributed by atoms with Crippen molar-refractivity contribution >= 4 is 11.9 Å². The third-order valence-electron chi connectivity index (χ3n) is 3.71. The summed E-state index contributed by atoms with van der Waals surface area (Å²) in [6, 6.07) is 4.99. The van der Waals surface area contributed by atoms with Gasteiger partial charge in [0.1, 0.15) is 5.75 Å². The topological polar surface area (TPSA) is 66.8 Å². The van der Waals surface area contributed by atoms with E-state index < -0.39 is 0 Å². The van der Waals surface area contributed by atoms with Crippen molar-refractivity contribution in [3.63, 3.8) is 0 Å². The molecule has 0 aromatic heterocycles. The normalized spacial score (nSPS) is 18.4. The molecule has 0 radical (unpaired) electrons. The predicted molar refractivity (Wildman–Crippen MR) is 78.1 cm³/mol. The van der Waals surface area contributed by atoms with E-state index in [9.17, 15) is 14.7 Å². The van der Waals surface area contributed by atoms with Crippen LogP contribution >= 0.6 is 0 Å². The van der Waals surface area contributed by atoms with Crippen LogP contribution in [0.3, 0.4) is 0 Å². The van der Waals surface area contributed by atoms with Crippen LogP contribution in [0.4, 0.5) is 0 Å². The molecule has 0 unspecified atom stereocenters. The highest BCUT2D eigenvalue weighted by molar-refractivity contribution is 5.97. The van der Waals surface area contributed by atoms with Crippen molar-refractivity contribution in [1.82, 2.24) is 4.90 Å². The fourth-order valence-corrected chi connectivity index (χ4v) is 2.61. The summed E-state index contributed by atoms with van der Waals surface area (Å²) in [6.45, 7) is 4.93. The summed E-state index contributed by atoms with van der Waals surface area (Å²) in [7, 11) is 0. The molecule has 0 bridgehead atoms. The Hall–Kier alpha value is -2.04. The number of aromatic hydroxyl groups is 1. The quantitative estimate of drug-likeness (QED) is 0.866. The van der Waals surface area contributed by atoms with Gasteiger partial charge in [-0.3, -0.25) is 9.59 Å². The number of hydrogen-bond acceptors (Lipinski definition) is 4. The van der Waals surface area contributed by atoms with E-state index in [1.165, 1.54) is 0 Å². The number of hydrogen-bond donors (Lipinski definition) is 1. The molecule has 5 nitrogen and oxygen atoms in total. The SMILES string of the molecule is CCOC(=O)[C@H]1CCCN(C(=O)c2ccc(C)cc2O)C1. The average Bonchev–Trinajstić information content (AvgIpc) is 2.47. The Labute approximate surface area is 124 Å². The first-order chi connectivity index (χ1) is 10.0. The molecule has 1 heterocycles. The van der Waals surface area contributed by atoms with Crippen molar-refractivity contribution in [2.45, 2.75) is 26.7 Å². The van der Waals surface area contributed by atoms with Gasteiger partial charge in [0, 0.05) is 13.1 Å². The van der Waals surface area contributed by atoms with Gasteiger partial charge in [0.2, 0.25) is 0 Å². The number of phenols is 1. The molecule has 1 saturated heterocycles. The van der Waals surface area contributed by atoms with E-state index in [1.54, 1.807) is 30.0 Å². The van der Waals surface area contributed by atoms with E-state index in [1.807, 2.05) is 6.92 Å². The molecule has 1 aromatic rings. The molecule has 1 atom stereocenters. The Balaban J connectivity index is 2.10. The standard InChI is InChI=1S/C16H21NO4/c1-3-21-16(20)12-5-4-8-17(10-12)15(19)13-7-6-11(2)9-14(13)18/h6-7,9,12,18H,3-5,8,10H2,1-2H3/t12-/m0/s1. The number of esters is 1. The highest BCUT2D eigenvalue weighted by Crippen LogP contribution is 2.24. The lowest BCUT2D eigenvalue weighted by Crippen LogP contribution is -2.42. The summed E-state index contributed by atoms with van der Waals surface area (Å²) < 4.78 is 5.03. The van der Waals surface area contributed by atoms with Gasteiger partial charge in [-0.05, 0) is 44.4 Å². The van der Waals surface area contributed by atoms with Crippen LogP contribution < -0.4 is 0 Å². The largest absolute Gasteiger partial charge is 0.507 e. The number of nitrogens with zero attached hydrogens (tertiary/aromatic N) is 1. The van der Waals surface area contributed by atoms with Crippen LogP contribution in [-0.2, 0) is 9.53 Å². The van der Waals surface area contributed by atoms with Crippen LogP contribution in [0.15, 0.2) is 18.2 Å². The molecule has 1 fully saturated rings. The highest BCUT2D eigenvalue weighted by atomic mass is 16.5. The number of rotatable bonds is 3. The number of ether oxygens (including phenoxy) is 1. The van der Waals surface area contributed by atoms with E-state index in [2.05, 4.69) is 0 Å². The molecule has 5 heteroatoms. The van der Waals surface area contributed by atoms with E-state index in [0.29, 0.717) is 19.7 Å². The van der Waals surface area contributed by atoms with E-state index >= 15 is 0 Å². The van der Waals surface area contributed by atoms with Gasteiger partial charge >= 0.3 is 5.97 Å². The van der Waals surface area contributed by atoms with Gasteiger partial charge in [-0.2, -0.15) is 0 Å². The molecule has 2 rings (SSSR count). The maximum atomic E-state index is 12.5. The highest BCUT2D eigenvalue weighted by Gasteiger charge is 2.30. The summed E-state index contributed by atoms with van der Waals surface area (Å²) in [5.41, 5.74) is 1.18. The first-order valence-electron chi connectivity index (χ1n) is 7.28. The van der Waals surface area contributed by atoms with Crippen molar-refractivity contribution in [2.24, 2.45) is 5.92 Å². The Morgan fingerprint density at radius 2 is 2.19 bits per heavy atom. The fraction of sp³-hybridized carbons (Fsp3) is 0.500. The van der Waals surface area contributed by atoms with Gasteiger partial charge < -0.3 is 14.7 Å². The number of carbonyl (C=O) groups is 2. The average molecular weight is 291 g/mol. The van der Waals surface area contributed by atoms with E-state index in [-0.39, 0.29) is 29.1 Å². The zero-order valence-electron chi connectivity index (χ0n) is 12.5. The second kappa shape index (κ2) is 6.61. The van der Waals surface area contributed by atoms with Crippen LogP contribution in [0.1, 0.15) is 35.7 Å². The number of benzene rings is 1. The first-order valence-corrected chi connectivity index (χ1v) is 7.28. The molecule has 0 spiro atoms. The van der Waals surface area contributed by atoms with Crippen molar-refractivity contribution < 1.29 is 19.4 Å². The van der Waals surface area contributed by atoms with Crippen molar-refractivity contribution in [1.29, 1.82) is 0 Å². The minimum Gasteiger partial charge on any atom is -0.507 e. The molecule has 1 aliphatic rings. The molecule has 21 heavy (non-hydrogen) atoms. The Morgan fingerprint density at radius 3 is 2.86 bits per heavy atom. The monoisotopic (exact) mass is 291 g/mol. The summed E-state index contributed by atoms with van der Waals surface area (Å²) in [6.07, 6.45) is 1.50. The van der Waals surface area contributed by atoms with Gasteiger partial charge in [-0.15, -0.1) is 0 Å². The Bertz CT molecular complexity index is 541. The van der Waals surface area contributed by atoms with E-state index in [0.717, 1.165) is 18.4 Å². The minimum atomic E-state index is -0.268. The Morgan fingerprint density at radius 1 is 1.43 bits per heavy atom. The maximum Gasteiger partial charge on any atom is 0.310 e. The number of phenolic OH excluding ortho intramolecular Hbond substituents is 1. The molecule has 0 saturated carbocycles. The maximum absolute atomic E-state index is 12.5. The summed E-state index contributed by atoms with van der Waals surface area (Å²) in [5, 5.41) is 9.91. The number of aryl methyl sites for hydroxylation is 1. The van der Waals surface area contributed by atoms with Gasteiger partial charge in [-0.25, -0.2) is 0 Å². The van der Waals surface area contributed by atoms with Gasteiger partial charge in [0.25, 0.3) is 5.91 Å². The van der Waals surface area contributed by atoms with Crippen LogP contribution in [0.2, 0.25) is 0 Å². The molecule has 1 aromatic carbocycles.